The third-order valence-corrected chi connectivity index (χ3v) is 8.18. The summed E-state index contributed by atoms with van der Waals surface area (Å²) >= 11 is 9.53. The minimum absolute atomic E-state index is 0.0536. The Bertz CT molecular complexity index is 1340. The van der Waals surface area contributed by atoms with Crippen LogP contribution in [-0.4, -0.2) is 44.3 Å². The number of sulfonamides is 1. The summed E-state index contributed by atoms with van der Waals surface area (Å²) in [5, 5.41) is 3.31. The highest BCUT2D eigenvalue weighted by Crippen LogP contribution is 2.27. The number of anilines is 1. The van der Waals surface area contributed by atoms with Crippen molar-refractivity contribution >= 4 is 55.1 Å². The molecule has 0 saturated carbocycles. The largest absolute Gasteiger partial charge is 0.354 e. The number of hydrogen-bond acceptors (Lipinski definition) is 4. The Labute approximate surface area is 231 Å². The van der Waals surface area contributed by atoms with Crippen molar-refractivity contribution in [3.63, 3.8) is 0 Å². The standard InChI is InChI=1S/C27H29BrClN3O4S/c1-3-15-30-27(34)20(2)31(18-21-9-7-11-23(29)16-21)26(33)19-32(24-12-8-10-22(28)17-24)37(35,36)25-13-5-4-6-14-25/h4-14,16-17,20H,3,15,18-19H2,1-2H3,(H,30,34). The second kappa shape index (κ2) is 13.1. The van der Waals surface area contributed by atoms with Crippen molar-refractivity contribution in [1.29, 1.82) is 0 Å². The fraction of sp³-hybridized carbons (Fsp3) is 0.259. The van der Waals surface area contributed by atoms with Crippen LogP contribution in [0.2, 0.25) is 5.02 Å². The van der Waals surface area contributed by atoms with Crippen molar-refractivity contribution in [2.24, 2.45) is 0 Å². The lowest BCUT2D eigenvalue weighted by molar-refractivity contribution is -0.139. The van der Waals surface area contributed by atoms with Crippen molar-refractivity contribution in [1.82, 2.24) is 10.2 Å². The Balaban J connectivity index is 2.01. The van der Waals surface area contributed by atoms with Gasteiger partial charge in [0, 0.05) is 22.6 Å². The monoisotopic (exact) mass is 605 g/mol. The maximum Gasteiger partial charge on any atom is 0.264 e. The normalized spacial score (nSPS) is 12.0. The average molecular weight is 607 g/mol. The molecular weight excluding hydrogens is 578 g/mol. The number of rotatable bonds is 11. The lowest BCUT2D eigenvalue weighted by Crippen LogP contribution is -2.51. The predicted molar refractivity (Wildman–Crippen MR) is 150 cm³/mol. The van der Waals surface area contributed by atoms with E-state index in [9.17, 15) is 18.0 Å². The molecule has 196 valence electrons. The zero-order chi connectivity index (χ0) is 27.0. The summed E-state index contributed by atoms with van der Waals surface area (Å²) in [6.07, 6.45) is 0.743. The molecule has 0 saturated heterocycles. The third-order valence-electron chi connectivity index (χ3n) is 5.66. The summed E-state index contributed by atoms with van der Waals surface area (Å²) in [5.74, 6) is -0.851. The van der Waals surface area contributed by atoms with Crippen molar-refractivity contribution < 1.29 is 18.0 Å². The lowest BCUT2D eigenvalue weighted by atomic mass is 10.1. The zero-order valence-corrected chi connectivity index (χ0v) is 23.8. The number of hydrogen-bond donors (Lipinski definition) is 1. The van der Waals surface area contributed by atoms with Gasteiger partial charge >= 0.3 is 0 Å². The first-order chi connectivity index (χ1) is 17.6. The molecular formula is C27H29BrClN3O4S. The van der Waals surface area contributed by atoms with E-state index >= 15 is 0 Å². The fourth-order valence-electron chi connectivity index (χ4n) is 3.69. The number of nitrogens with zero attached hydrogens (tertiary/aromatic N) is 2. The molecule has 0 fully saturated rings. The van der Waals surface area contributed by atoms with Gasteiger partial charge in [-0.1, -0.05) is 70.9 Å². The van der Waals surface area contributed by atoms with Crippen LogP contribution in [0.1, 0.15) is 25.8 Å². The van der Waals surface area contributed by atoms with Crippen LogP contribution in [0.25, 0.3) is 0 Å². The van der Waals surface area contributed by atoms with Crippen molar-refractivity contribution in [3.8, 4) is 0 Å². The van der Waals surface area contributed by atoms with Gasteiger partial charge < -0.3 is 10.2 Å². The second-order valence-corrected chi connectivity index (χ2v) is 11.6. The van der Waals surface area contributed by atoms with Crippen LogP contribution in [0.3, 0.4) is 0 Å². The van der Waals surface area contributed by atoms with Gasteiger partial charge in [-0.2, -0.15) is 0 Å². The van der Waals surface area contributed by atoms with Crippen LogP contribution in [0.15, 0.2) is 88.2 Å². The molecule has 10 heteroatoms. The minimum atomic E-state index is -4.10. The Hall–Kier alpha value is -2.88. The average Bonchev–Trinajstić information content (AvgIpc) is 2.88. The molecule has 0 bridgehead atoms. The van der Waals surface area contributed by atoms with E-state index in [1.807, 2.05) is 6.92 Å². The predicted octanol–water partition coefficient (Wildman–Crippen LogP) is 5.24. The lowest BCUT2D eigenvalue weighted by Gasteiger charge is -2.32. The smallest absolute Gasteiger partial charge is 0.264 e. The Morgan fingerprint density at radius 3 is 2.35 bits per heavy atom. The highest BCUT2D eigenvalue weighted by Gasteiger charge is 2.32. The van der Waals surface area contributed by atoms with Gasteiger partial charge in [-0.15, -0.1) is 0 Å². The van der Waals surface area contributed by atoms with E-state index in [1.54, 1.807) is 73.7 Å². The molecule has 3 aromatic carbocycles. The van der Waals surface area contributed by atoms with E-state index in [0.29, 0.717) is 21.7 Å². The van der Waals surface area contributed by atoms with E-state index in [1.165, 1.54) is 17.0 Å². The van der Waals surface area contributed by atoms with E-state index in [2.05, 4.69) is 21.2 Å². The molecule has 0 aromatic heterocycles. The van der Waals surface area contributed by atoms with Gasteiger partial charge in [0.05, 0.1) is 10.6 Å². The minimum Gasteiger partial charge on any atom is -0.354 e. The van der Waals surface area contributed by atoms with Crippen LogP contribution >= 0.6 is 27.5 Å². The molecule has 0 aliphatic carbocycles. The van der Waals surface area contributed by atoms with Gasteiger partial charge in [0.25, 0.3) is 10.0 Å². The van der Waals surface area contributed by atoms with E-state index < -0.39 is 28.5 Å². The molecule has 0 heterocycles. The van der Waals surface area contributed by atoms with Crippen molar-refractivity contribution in [3.05, 3.63) is 93.9 Å². The summed E-state index contributed by atoms with van der Waals surface area (Å²) < 4.78 is 29.1. The number of nitrogens with one attached hydrogen (secondary N) is 1. The second-order valence-electron chi connectivity index (χ2n) is 8.42. The summed E-state index contributed by atoms with van der Waals surface area (Å²) in [6.45, 7) is 3.61. The SMILES string of the molecule is CCCNC(=O)C(C)N(Cc1cccc(Cl)c1)C(=O)CN(c1cccc(Br)c1)S(=O)(=O)c1ccccc1. The molecule has 3 aromatic rings. The van der Waals surface area contributed by atoms with Crippen molar-refractivity contribution in [2.75, 3.05) is 17.4 Å². The third kappa shape index (κ3) is 7.56. The van der Waals surface area contributed by atoms with Gasteiger partial charge in [0.1, 0.15) is 12.6 Å². The highest BCUT2D eigenvalue weighted by atomic mass is 79.9. The van der Waals surface area contributed by atoms with Crippen LogP contribution in [0, 0.1) is 0 Å². The number of carbonyl (C=O) groups excluding carboxylic acids is 2. The first kappa shape index (κ1) is 28.7. The van der Waals surface area contributed by atoms with Gasteiger partial charge in [0.15, 0.2) is 0 Å². The maximum atomic E-state index is 13.8. The van der Waals surface area contributed by atoms with Crippen LogP contribution in [-0.2, 0) is 26.2 Å². The quantitative estimate of drug-likeness (QED) is 0.323. The molecule has 0 spiro atoms. The Kier molecular flexibility index (Phi) is 10.1. The number of amides is 2. The molecule has 0 radical (unpaired) electrons. The fourth-order valence-corrected chi connectivity index (χ4v) is 5.72. The summed E-state index contributed by atoms with van der Waals surface area (Å²) in [7, 11) is -4.10. The molecule has 1 atom stereocenters. The number of halogens is 2. The van der Waals surface area contributed by atoms with E-state index in [4.69, 9.17) is 11.6 Å². The topological polar surface area (TPSA) is 86.8 Å². The van der Waals surface area contributed by atoms with Crippen LogP contribution in [0.4, 0.5) is 5.69 Å². The van der Waals surface area contributed by atoms with E-state index in [0.717, 1.165) is 16.3 Å². The maximum absolute atomic E-state index is 13.8. The molecule has 0 aliphatic heterocycles. The molecule has 0 aliphatic rings. The van der Waals surface area contributed by atoms with Gasteiger partial charge in [0.2, 0.25) is 11.8 Å². The molecule has 37 heavy (non-hydrogen) atoms. The number of benzene rings is 3. The summed E-state index contributed by atoms with van der Waals surface area (Å²) in [6, 6.07) is 20.8. The molecule has 3 rings (SSSR count). The zero-order valence-electron chi connectivity index (χ0n) is 20.6. The van der Waals surface area contributed by atoms with Gasteiger partial charge in [-0.25, -0.2) is 8.42 Å². The van der Waals surface area contributed by atoms with Crippen LogP contribution < -0.4 is 9.62 Å². The van der Waals surface area contributed by atoms with Crippen molar-refractivity contribution in [2.45, 2.75) is 37.8 Å². The highest BCUT2D eigenvalue weighted by molar-refractivity contribution is 9.10. The molecule has 7 nitrogen and oxygen atoms in total. The Morgan fingerprint density at radius 1 is 1.00 bits per heavy atom. The van der Waals surface area contributed by atoms with Gasteiger partial charge in [-0.05, 0) is 61.4 Å². The first-order valence-corrected chi connectivity index (χ1v) is 14.4. The van der Waals surface area contributed by atoms with Crippen LogP contribution in [0.5, 0.6) is 0 Å². The number of carbonyl (C=O) groups is 2. The van der Waals surface area contributed by atoms with E-state index in [-0.39, 0.29) is 17.3 Å². The Morgan fingerprint density at radius 2 is 1.70 bits per heavy atom. The first-order valence-electron chi connectivity index (χ1n) is 11.8. The van der Waals surface area contributed by atoms with Gasteiger partial charge in [-0.3, -0.25) is 13.9 Å². The molecule has 1 N–H and O–H groups in total. The molecule has 1 unspecified atom stereocenters. The summed E-state index contributed by atoms with van der Waals surface area (Å²) in [5.41, 5.74) is 1.04. The summed E-state index contributed by atoms with van der Waals surface area (Å²) in [4.78, 5) is 28.1. The molecule has 2 amide bonds.